The molecule has 1 heterocycles. The van der Waals surface area contributed by atoms with Gasteiger partial charge in [-0.25, -0.2) is 8.42 Å². The molecule has 1 amide bonds. The Morgan fingerprint density at radius 2 is 1.59 bits per heavy atom. The normalized spacial score (nSPS) is 21.6. The minimum Gasteiger partial charge on any atom is -0.481 e. The lowest BCUT2D eigenvalue weighted by Crippen LogP contribution is -2.57. The minimum atomic E-state index is -3.64. The topological polar surface area (TPSA) is 101 Å². The van der Waals surface area contributed by atoms with Gasteiger partial charge in [-0.2, -0.15) is 0 Å². The third-order valence-electron chi connectivity index (χ3n) is 6.42. The molecule has 1 aliphatic heterocycles. The molecule has 0 aromatic heterocycles. The van der Waals surface area contributed by atoms with Crippen LogP contribution in [0.2, 0.25) is 15.1 Å². The molecule has 3 rings (SSSR count). The van der Waals surface area contributed by atoms with E-state index < -0.39 is 57.2 Å². The fourth-order valence-electron chi connectivity index (χ4n) is 4.35. The van der Waals surface area contributed by atoms with Crippen LogP contribution in [0.1, 0.15) is 63.8 Å². The molecule has 0 radical (unpaired) electrons. The van der Waals surface area contributed by atoms with Gasteiger partial charge in [-0.3, -0.25) is 9.59 Å². The van der Waals surface area contributed by atoms with Gasteiger partial charge in [-0.05, 0) is 68.7 Å². The van der Waals surface area contributed by atoms with E-state index in [1.165, 1.54) is 4.90 Å². The zero-order valence-electron chi connectivity index (χ0n) is 20.9. The quantitative estimate of drug-likeness (QED) is 0.397. The van der Waals surface area contributed by atoms with Gasteiger partial charge in [0.1, 0.15) is 12.2 Å². The molecule has 1 saturated heterocycles. The van der Waals surface area contributed by atoms with Crippen molar-refractivity contribution in [2.24, 2.45) is 0 Å². The highest BCUT2D eigenvalue weighted by molar-refractivity contribution is 7.92. The fraction of sp³-hybridized carbons (Fsp3) is 0.462. The first-order valence-electron chi connectivity index (χ1n) is 11.8. The number of morpholine rings is 1. The van der Waals surface area contributed by atoms with Gasteiger partial charge in [0.25, 0.3) is 5.91 Å². The van der Waals surface area contributed by atoms with Crippen molar-refractivity contribution < 1.29 is 27.9 Å². The van der Waals surface area contributed by atoms with E-state index in [1.807, 2.05) is 0 Å². The van der Waals surface area contributed by atoms with Crippen molar-refractivity contribution in [3.63, 3.8) is 0 Å². The van der Waals surface area contributed by atoms with E-state index in [0.717, 1.165) is 0 Å². The highest BCUT2D eigenvalue weighted by atomic mass is 35.5. The molecule has 0 aliphatic carbocycles. The van der Waals surface area contributed by atoms with E-state index >= 15 is 0 Å². The van der Waals surface area contributed by atoms with Crippen LogP contribution in [0.15, 0.2) is 42.5 Å². The number of hydrogen-bond donors (Lipinski definition) is 1. The van der Waals surface area contributed by atoms with Gasteiger partial charge in [0.15, 0.2) is 9.84 Å². The number of hydrogen-bond acceptors (Lipinski definition) is 5. The van der Waals surface area contributed by atoms with Crippen molar-refractivity contribution in [1.82, 2.24) is 4.90 Å². The Morgan fingerprint density at radius 1 is 1.03 bits per heavy atom. The van der Waals surface area contributed by atoms with E-state index in [-0.39, 0.29) is 5.75 Å². The van der Waals surface area contributed by atoms with E-state index in [0.29, 0.717) is 32.6 Å². The Balaban J connectivity index is 2.24. The summed E-state index contributed by atoms with van der Waals surface area (Å²) in [6.07, 6.45) is -2.50. The third kappa shape index (κ3) is 6.79. The Morgan fingerprint density at radius 3 is 2.08 bits per heavy atom. The van der Waals surface area contributed by atoms with E-state index in [2.05, 4.69) is 0 Å². The van der Waals surface area contributed by atoms with Crippen LogP contribution in [-0.2, 0) is 24.2 Å². The first-order chi connectivity index (χ1) is 17.1. The average Bonchev–Trinajstić information content (AvgIpc) is 2.77. The highest BCUT2D eigenvalue weighted by Gasteiger charge is 2.48. The number of carboxylic acid groups (broad SMARTS) is 1. The molecule has 11 heteroatoms. The molecule has 4 atom stereocenters. The zero-order chi connectivity index (χ0) is 27.7. The van der Waals surface area contributed by atoms with Gasteiger partial charge in [0.05, 0.1) is 23.0 Å². The molecule has 1 unspecified atom stereocenters. The SMILES string of the molecule is CC[C@@H](CS(=O)(=O)C(C)(C)C)N1C(=O)[C@H](CC(=O)O)OC(c2cc(Cl)cc(Cl)c2)[C@H]1c1ccc(Cl)cc1. The summed E-state index contributed by atoms with van der Waals surface area (Å²) in [5, 5.41) is 10.7. The minimum absolute atomic E-state index is 0.300. The molecule has 0 bridgehead atoms. The summed E-state index contributed by atoms with van der Waals surface area (Å²) in [4.78, 5) is 27.0. The second-order valence-electron chi connectivity index (χ2n) is 10.0. The van der Waals surface area contributed by atoms with Crippen LogP contribution >= 0.6 is 34.8 Å². The van der Waals surface area contributed by atoms with E-state index in [1.54, 1.807) is 70.2 Å². The van der Waals surface area contributed by atoms with Gasteiger partial charge < -0.3 is 14.7 Å². The van der Waals surface area contributed by atoms with Gasteiger partial charge in [0.2, 0.25) is 0 Å². The molecule has 0 spiro atoms. The summed E-state index contributed by atoms with van der Waals surface area (Å²) in [5.41, 5.74) is 1.16. The van der Waals surface area contributed by atoms with Crippen LogP contribution in [0.3, 0.4) is 0 Å². The highest BCUT2D eigenvalue weighted by Crippen LogP contribution is 2.45. The standard InChI is InChI=1S/C26H30Cl3NO6S/c1-5-20(14-37(34,35)26(2,3)4)30-23(15-6-8-17(27)9-7-15)24(16-10-18(28)12-19(29)11-16)36-21(25(30)33)13-22(31)32/h6-12,20-21,23-24H,5,13-14H2,1-4H3,(H,31,32)/t20-,21-,23+,24?/m0/s1. The average molecular weight is 591 g/mol. The molecule has 37 heavy (non-hydrogen) atoms. The van der Waals surface area contributed by atoms with E-state index in [4.69, 9.17) is 39.5 Å². The van der Waals surface area contributed by atoms with Crippen molar-refractivity contribution in [1.29, 1.82) is 0 Å². The predicted molar refractivity (Wildman–Crippen MR) is 145 cm³/mol. The second-order valence-corrected chi connectivity index (χ2v) is 14.1. The number of rotatable bonds is 8. The Labute approximate surface area is 232 Å². The fourth-order valence-corrected chi connectivity index (χ4v) is 6.43. The molecule has 0 saturated carbocycles. The van der Waals surface area contributed by atoms with Crippen LogP contribution in [0, 0.1) is 0 Å². The number of sulfone groups is 1. The van der Waals surface area contributed by atoms with Crippen molar-refractivity contribution >= 4 is 56.5 Å². The lowest BCUT2D eigenvalue weighted by molar-refractivity contribution is -0.182. The van der Waals surface area contributed by atoms with Crippen molar-refractivity contribution in [3.05, 3.63) is 68.7 Å². The molecular weight excluding hydrogens is 561 g/mol. The Bertz CT molecular complexity index is 1240. The van der Waals surface area contributed by atoms with Crippen LogP contribution in [0.4, 0.5) is 0 Å². The van der Waals surface area contributed by atoms with Crippen molar-refractivity contribution in [2.45, 2.75) is 69.6 Å². The number of carboxylic acids is 1. The summed E-state index contributed by atoms with van der Waals surface area (Å²) in [6, 6.07) is 10.1. The van der Waals surface area contributed by atoms with Crippen LogP contribution < -0.4 is 0 Å². The van der Waals surface area contributed by atoms with Crippen molar-refractivity contribution in [3.8, 4) is 0 Å². The summed E-state index contributed by atoms with van der Waals surface area (Å²) in [5.74, 6) is -2.12. The number of halogens is 3. The molecule has 202 valence electrons. The van der Waals surface area contributed by atoms with Crippen LogP contribution in [0.5, 0.6) is 0 Å². The summed E-state index contributed by atoms with van der Waals surface area (Å²) in [7, 11) is -3.64. The number of aliphatic carboxylic acids is 1. The smallest absolute Gasteiger partial charge is 0.306 e. The lowest BCUT2D eigenvalue weighted by Gasteiger charge is -2.48. The van der Waals surface area contributed by atoms with E-state index in [9.17, 15) is 23.1 Å². The number of ether oxygens (including phenoxy) is 1. The first kappa shape index (κ1) is 29.7. The number of nitrogens with zero attached hydrogens (tertiary/aromatic N) is 1. The molecule has 2 aromatic rings. The summed E-state index contributed by atoms with van der Waals surface area (Å²) in [6.45, 7) is 6.62. The lowest BCUT2D eigenvalue weighted by atomic mass is 9.89. The Kier molecular flexibility index (Phi) is 9.23. The van der Waals surface area contributed by atoms with Crippen molar-refractivity contribution in [2.75, 3.05) is 5.75 Å². The second kappa shape index (κ2) is 11.5. The van der Waals surface area contributed by atoms with Gasteiger partial charge in [-0.1, -0.05) is 53.9 Å². The van der Waals surface area contributed by atoms with Gasteiger partial charge in [-0.15, -0.1) is 0 Å². The van der Waals surface area contributed by atoms with Crippen LogP contribution in [0.25, 0.3) is 0 Å². The number of carbonyl (C=O) groups excluding carboxylic acids is 1. The van der Waals surface area contributed by atoms with Gasteiger partial charge in [0, 0.05) is 21.1 Å². The third-order valence-corrected chi connectivity index (χ3v) is 9.80. The number of amides is 1. The number of benzene rings is 2. The maximum absolute atomic E-state index is 13.8. The molecule has 1 fully saturated rings. The monoisotopic (exact) mass is 589 g/mol. The molecule has 1 N–H and O–H groups in total. The number of carbonyl (C=O) groups is 2. The maximum Gasteiger partial charge on any atom is 0.306 e. The molecular formula is C26H30Cl3NO6S. The largest absolute Gasteiger partial charge is 0.481 e. The predicted octanol–water partition coefficient (Wildman–Crippen LogP) is 6.12. The first-order valence-corrected chi connectivity index (χ1v) is 14.6. The summed E-state index contributed by atoms with van der Waals surface area (Å²) < 4.78 is 31.6. The maximum atomic E-state index is 13.8. The molecule has 7 nitrogen and oxygen atoms in total. The Hall–Kier alpha value is -1.84. The molecule has 1 aliphatic rings. The zero-order valence-corrected chi connectivity index (χ0v) is 24.0. The van der Waals surface area contributed by atoms with Crippen LogP contribution in [-0.4, -0.2) is 52.9 Å². The van der Waals surface area contributed by atoms with Gasteiger partial charge >= 0.3 is 5.97 Å². The molecule has 2 aromatic carbocycles. The summed E-state index contributed by atoms with van der Waals surface area (Å²) >= 11 is 18.7.